The van der Waals surface area contributed by atoms with Crippen molar-refractivity contribution >= 4 is 31.9 Å². The lowest BCUT2D eigenvalue weighted by atomic mass is 9.91. The molecule has 2 aromatic carbocycles. The number of hydrogen-bond donors (Lipinski definition) is 3. The van der Waals surface area contributed by atoms with Crippen LogP contribution in [0.4, 0.5) is 0 Å². The Labute approximate surface area is 391 Å². The molecule has 6 aromatic rings. The Bertz CT molecular complexity index is 3210. The summed E-state index contributed by atoms with van der Waals surface area (Å²) in [6, 6.07) is 19.1. The van der Waals surface area contributed by atoms with Gasteiger partial charge in [0.05, 0.1) is 0 Å². The highest BCUT2D eigenvalue weighted by atomic mass is 32.2. The molecule has 0 aliphatic heterocycles. The van der Waals surface area contributed by atoms with Crippen LogP contribution in [0.15, 0.2) is 105 Å². The van der Waals surface area contributed by atoms with Crippen LogP contribution in [0.1, 0.15) is 107 Å². The number of ether oxygens (including phenoxy) is 2. The second-order valence-corrected chi connectivity index (χ2v) is 21.6. The summed E-state index contributed by atoms with van der Waals surface area (Å²) in [5.41, 5.74) is 4.48. The minimum absolute atomic E-state index is 0.0175. The summed E-state index contributed by atoms with van der Waals surface area (Å²) in [7, 11) is -7.42. The molecule has 0 aliphatic carbocycles. The van der Waals surface area contributed by atoms with Gasteiger partial charge in [-0.2, -0.15) is 0 Å². The van der Waals surface area contributed by atoms with Crippen LogP contribution in [0.2, 0.25) is 0 Å². The van der Waals surface area contributed by atoms with Crippen molar-refractivity contribution in [1.29, 1.82) is 0 Å². The fourth-order valence-electron chi connectivity index (χ4n) is 6.92. The summed E-state index contributed by atoms with van der Waals surface area (Å²) in [6.07, 6.45) is 2.73. The molecule has 354 valence electrons. The summed E-state index contributed by atoms with van der Waals surface area (Å²) in [5.74, 6) is -0.864. The van der Waals surface area contributed by atoms with E-state index < -0.39 is 52.8 Å². The maximum Gasteiger partial charge on any atom is 0.270 e. The van der Waals surface area contributed by atoms with Gasteiger partial charge in [0.2, 0.25) is 11.8 Å². The number of nitrogens with one attached hydrogen (secondary N) is 3. The Morgan fingerprint density at radius 3 is 1.37 bits per heavy atom. The first-order chi connectivity index (χ1) is 31.0. The highest BCUT2D eigenvalue weighted by Crippen LogP contribution is 2.35. The molecule has 0 fully saturated rings. The van der Waals surface area contributed by atoms with Crippen LogP contribution >= 0.6 is 0 Å². The van der Waals surface area contributed by atoms with Gasteiger partial charge >= 0.3 is 0 Å². The normalized spacial score (nSPS) is 11.8. The second-order valence-electron chi connectivity index (χ2n) is 18.3. The van der Waals surface area contributed by atoms with E-state index in [-0.39, 0.29) is 33.7 Å². The van der Waals surface area contributed by atoms with Crippen LogP contribution in [-0.2, 0) is 37.9 Å². The van der Waals surface area contributed by atoms with E-state index in [4.69, 9.17) is 9.47 Å². The zero-order valence-electron chi connectivity index (χ0n) is 39.8. The first kappa shape index (κ1) is 51.1. The minimum atomic E-state index is -4.43. The first-order valence-corrected chi connectivity index (χ1v) is 24.0. The Balaban J connectivity index is 0.000000251. The number of amides is 2. The Morgan fingerprint density at radius 1 is 0.597 bits per heavy atom. The van der Waals surface area contributed by atoms with E-state index in [0.29, 0.717) is 22.9 Å². The standard InChI is InChI=1S/C25H29N3O5S.C24H27N3O5S/c1-15-13-16(2)21(17(3)14-15)33-23-18(10-11-20(26-23)25(4,5)6)22(29)27-34(31,32)19-9-8-12-28(7)24(19)30;1-14-12-15(2)20(16(3)13-14)32-23-17(9-10-19(26-23)24(4,5)6)21(28)27-33(30,31)18-8-7-11-25-22(18)29/h8-14H,1-7H3,(H,27,29);7-13H,1-6H3,(H,25,29)(H,27,28). The lowest BCUT2D eigenvalue weighted by molar-refractivity contribution is 0.0969. The Hall–Kier alpha value is -6.92. The third kappa shape index (κ3) is 12.1. The van der Waals surface area contributed by atoms with Gasteiger partial charge < -0.3 is 19.0 Å². The largest absolute Gasteiger partial charge is 0.438 e. The number of hydrogen-bond acceptors (Lipinski definition) is 12. The predicted molar refractivity (Wildman–Crippen MR) is 255 cm³/mol. The molecular weight excluding hydrogens is 897 g/mol. The smallest absolute Gasteiger partial charge is 0.270 e. The average Bonchev–Trinajstić information content (AvgIpc) is 3.20. The van der Waals surface area contributed by atoms with Gasteiger partial charge in [-0.1, -0.05) is 76.9 Å². The van der Waals surface area contributed by atoms with Gasteiger partial charge in [-0.25, -0.2) is 36.2 Å². The number of sulfonamides is 2. The van der Waals surface area contributed by atoms with Gasteiger partial charge in [-0.15, -0.1) is 0 Å². The molecule has 67 heavy (non-hydrogen) atoms. The number of carbonyl (C=O) groups excluding carboxylic acids is 2. The molecule has 4 aromatic heterocycles. The molecule has 0 aliphatic rings. The topological polar surface area (TPSA) is 226 Å². The first-order valence-electron chi connectivity index (χ1n) is 21.0. The van der Waals surface area contributed by atoms with Crippen LogP contribution in [0.5, 0.6) is 23.3 Å². The highest BCUT2D eigenvalue weighted by Gasteiger charge is 2.29. The molecule has 2 amide bonds. The zero-order valence-corrected chi connectivity index (χ0v) is 41.5. The Kier molecular flexibility index (Phi) is 14.9. The molecular formula is C49H56N6O10S2. The second kappa shape index (κ2) is 19.5. The molecule has 0 saturated heterocycles. The fourth-order valence-corrected chi connectivity index (χ4v) is 9.05. The van der Waals surface area contributed by atoms with Crippen molar-refractivity contribution < 1.29 is 35.9 Å². The van der Waals surface area contributed by atoms with Crippen LogP contribution in [0, 0.1) is 41.5 Å². The van der Waals surface area contributed by atoms with Crippen molar-refractivity contribution in [2.75, 3.05) is 0 Å². The summed E-state index contributed by atoms with van der Waals surface area (Å²) < 4.78 is 68.2. The van der Waals surface area contributed by atoms with E-state index in [1.54, 1.807) is 12.1 Å². The summed E-state index contributed by atoms with van der Waals surface area (Å²) >= 11 is 0. The van der Waals surface area contributed by atoms with Crippen molar-refractivity contribution in [3.05, 3.63) is 162 Å². The van der Waals surface area contributed by atoms with Crippen molar-refractivity contribution in [1.82, 2.24) is 29.0 Å². The maximum absolute atomic E-state index is 13.1. The van der Waals surface area contributed by atoms with E-state index in [0.717, 1.165) is 50.1 Å². The molecule has 6 rings (SSSR count). The summed E-state index contributed by atoms with van der Waals surface area (Å²) in [5, 5.41) is 0. The average molecular weight is 953 g/mol. The number of aromatic nitrogens is 4. The van der Waals surface area contributed by atoms with Crippen LogP contribution in [0.3, 0.4) is 0 Å². The van der Waals surface area contributed by atoms with Crippen molar-refractivity contribution in [3.63, 3.8) is 0 Å². The third-order valence-corrected chi connectivity index (χ3v) is 13.0. The van der Waals surface area contributed by atoms with E-state index in [2.05, 4.69) is 15.0 Å². The predicted octanol–water partition coefficient (Wildman–Crippen LogP) is 7.82. The molecule has 0 saturated carbocycles. The number of nitrogens with zero attached hydrogens (tertiary/aromatic N) is 3. The van der Waals surface area contributed by atoms with Gasteiger partial charge in [-0.3, -0.25) is 19.2 Å². The molecule has 0 radical (unpaired) electrons. The summed E-state index contributed by atoms with van der Waals surface area (Å²) in [6.45, 7) is 23.3. The fraction of sp³-hybridized carbons (Fsp3) is 0.306. The lowest BCUT2D eigenvalue weighted by Gasteiger charge is -2.21. The number of carbonyl (C=O) groups is 2. The van der Waals surface area contributed by atoms with Crippen molar-refractivity contribution in [2.45, 2.75) is 104 Å². The molecule has 16 nitrogen and oxygen atoms in total. The van der Waals surface area contributed by atoms with Gasteiger partial charge in [0.15, 0.2) is 9.79 Å². The summed E-state index contributed by atoms with van der Waals surface area (Å²) in [4.78, 5) is 60.6. The number of benzene rings is 2. The van der Waals surface area contributed by atoms with E-state index in [1.807, 2.05) is 117 Å². The van der Waals surface area contributed by atoms with Gasteiger partial charge in [0.25, 0.3) is 43.0 Å². The SMILES string of the molecule is Cc1cc(C)c(Oc2nc(C(C)(C)C)ccc2C(=O)NS(=O)(=O)c2ccc[nH]c2=O)c(C)c1.Cc1cc(C)c(Oc2nc(C(C)(C)C)ccc2C(=O)NS(=O)(=O)c2cccn(C)c2=O)c(C)c1. The number of aromatic amines is 1. The van der Waals surface area contributed by atoms with Gasteiger partial charge in [0.1, 0.15) is 22.6 Å². The number of rotatable bonds is 10. The number of pyridine rings is 4. The number of H-pyrrole nitrogens is 1. The molecule has 0 bridgehead atoms. The lowest BCUT2D eigenvalue weighted by Crippen LogP contribution is -2.35. The molecule has 0 atom stereocenters. The maximum atomic E-state index is 13.1. The molecule has 18 heteroatoms. The van der Waals surface area contributed by atoms with Crippen molar-refractivity contribution in [2.24, 2.45) is 7.05 Å². The van der Waals surface area contributed by atoms with Crippen molar-refractivity contribution in [3.8, 4) is 23.3 Å². The monoisotopic (exact) mass is 952 g/mol. The highest BCUT2D eigenvalue weighted by molar-refractivity contribution is 7.90. The van der Waals surface area contributed by atoms with Gasteiger partial charge in [0, 0.05) is 41.7 Å². The minimum Gasteiger partial charge on any atom is -0.438 e. The Morgan fingerprint density at radius 2 is 0.985 bits per heavy atom. The molecule has 3 N–H and O–H groups in total. The van der Waals surface area contributed by atoms with E-state index >= 15 is 0 Å². The van der Waals surface area contributed by atoms with Crippen LogP contribution < -0.4 is 30.0 Å². The quantitative estimate of drug-likeness (QED) is 0.120. The van der Waals surface area contributed by atoms with E-state index in [9.17, 15) is 36.0 Å². The number of aryl methyl sites for hydroxylation is 7. The zero-order chi connectivity index (χ0) is 50.0. The molecule has 4 heterocycles. The third-order valence-electron chi connectivity index (χ3n) is 10.3. The molecule has 0 spiro atoms. The molecule has 0 unspecified atom stereocenters. The van der Waals surface area contributed by atoms with Gasteiger partial charge in [-0.05, 0) is 112 Å². The van der Waals surface area contributed by atoms with Crippen LogP contribution in [0.25, 0.3) is 0 Å². The van der Waals surface area contributed by atoms with Crippen LogP contribution in [-0.4, -0.2) is 48.2 Å². The van der Waals surface area contributed by atoms with E-state index in [1.165, 1.54) is 43.7 Å².